The minimum absolute atomic E-state index is 0.0804. The zero-order valence-electron chi connectivity index (χ0n) is 28.6. The number of primary amides is 1. The van der Waals surface area contributed by atoms with Crippen LogP contribution in [0.25, 0.3) is 0 Å². The average molecular weight is 622 g/mol. The van der Waals surface area contributed by atoms with E-state index in [2.05, 4.69) is 64.6 Å². The summed E-state index contributed by atoms with van der Waals surface area (Å²) in [5.74, 6) is 0.222. The molecule has 4 rings (SSSR count). The van der Waals surface area contributed by atoms with Gasteiger partial charge >= 0.3 is 0 Å². The monoisotopic (exact) mass is 621 g/mol. The fourth-order valence-electron chi connectivity index (χ4n) is 5.64. The number of allylic oxidation sites excluding steroid dienone is 2. The Labute approximate surface area is 272 Å². The molecule has 2 aliphatic rings. The SMILES string of the molecule is C=CC=C.CC.CCCCC(CCC)Oc1nc(Nc2ccc(N3CCC(N4CCNCC4)CC3)cc2)c(C(N)=O)nc1CC. The minimum Gasteiger partial charge on any atom is -0.473 e. The second-order valence-corrected chi connectivity index (χ2v) is 11.2. The quantitative estimate of drug-likeness (QED) is 0.196. The van der Waals surface area contributed by atoms with Crippen LogP contribution in [0.2, 0.25) is 0 Å². The van der Waals surface area contributed by atoms with Gasteiger partial charge in [-0.25, -0.2) is 4.98 Å². The first-order valence-corrected chi connectivity index (χ1v) is 17.1. The third-order valence-electron chi connectivity index (χ3n) is 8.06. The molecule has 0 bridgehead atoms. The van der Waals surface area contributed by atoms with E-state index in [0.717, 1.165) is 77.1 Å². The number of benzene rings is 1. The molecule has 250 valence electrons. The Balaban J connectivity index is 0.00000109. The lowest BCUT2D eigenvalue weighted by molar-refractivity contribution is 0.0995. The summed E-state index contributed by atoms with van der Waals surface area (Å²) in [6.45, 7) is 23.7. The number of aryl methyl sites for hydroxylation is 1. The van der Waals surface area contributed by atoms with E-state index in [9.17, 15) is 4.79 Å². The number of nitrogens with zero attached hydrogens (tertiary/aromatic N) is 4. The summed E-state index contributed by atoms with van der Waals surface area (Å²) in [7, 11) is 0. The van der Waals surface area contributed by atoms with Crippen LogP contribution in [0.3, 0.4) is 0 Å². The molecular formula is C36H59N7O2. The van der Waals surface area contributed by atoms with Gasteiger partial charge in [0, 0.05) is 56.7 Å². The Morgan fingerprint density at radius 3 is 2.20 bits per heavy atom. The van der Waals surface area contributed by atoms with Crippen LogP contribution >= 0.6 is 0 Å². The van der Waals surface area contributed by atoms with Crippen molar-refractivity contribution in [3.63, 3.8) is 0 Å². The lowest BCUT2D eigenvalue weighted by atomic mass is 10.0. The molecule has 4 N–H and O–H groups in total. The van der Waals surface area contributed by atoms with Crippen LogP contribution in [0.1, 0.15) is 95.7 Å². The Bertz CT molecular complexity index is 1130. The number of rotatable bonds is 14. The van der Waals surface area contributed by atoms with E-state index in [1.807, 2.05) is 32.9 Å². The predicted molar refractivity (Wildman–Crippen MR) is 190 cm³/mol. The fourth-order valence-corrected chi connectivity index (χ4v) is 5.64. The highest BCUT2D eigenvalue weighted by Gasteiger charge is 2.26. The molecule has 1 amide bonds. The van der Waals surface area contributed by atoms with Crippen LogP contribution < -0.4 is 26.0 Å². The molecule has 3 heterocycles. The number of piperidine rings is 1. The molecule has 2 saturated heterocycles. The topological polar surface area (TPSA) is 109 Å². The van der Waals surface area contributed by atoms with Crippen molar-refractivity contribution in [2.24, 2.45) is 5.73 Å². The van der Waals surface area contributed by atoms with Gasteiger partial charge in [0.1, 0.15) is 11.8 Å². The Kier molecular flexibility index (Phi) is 17.9. The maximum absolute atomic E-state index is 12.3. The molecule has 2 fully saturated rings. The Morgan fingerprint density at radius 2 is 1.67 bits per heavy atom. The molecule has 0 aliphatic carbocycles. The van der Waals surface area contributed by atoms with Crippen molar-refractivity contribution in [1.29, 1.82) is 0 Å². The van der Waals surface area contributed by atoms with E-state index in [0.29, 0.717) is 29.9 Å². The van der Waals surface area contributed by atoms with Gasteiger partial charge in [0.15, 0.2) is 11.5 Å². The van der Waals surface area contributed by atoms with Gasteiger partial charge in [0.25, 0.3) is 5.91 Å². The summed E-state index contributed by atoms with van der Waals surface area (Å²) >= 11 is 0. The molecular weight excluding hydrogens is 562 g/mol. The smallest absolute Gasteiger partial charge is 0.271 e. The molecule has 2 aliphatic heterocycles. The zero-order valence-corrected chi connectivity index (χ0v) is 28.6. The van der Waals surface area contributed by atoms with Gasteiger partial charge in [-0.2, -0.15) is 4.98 Å². The van der Waals surface area contributed by atoms with Crippen LogP contribution in [-0.2, 0) is 6.42 Å². The van der Waals surface area contributed by atoms with E-state index in [4.69, 9.17) is 15.5 Å². The second kappa shape index (κ2) is 21.3. The zero-order chi connectivity index (χ0) is 33.0. The summed E-state index contributed by atoms with van der Waals surface area (Å²) in [6, 6.07) is 9.01. The third kappa shape index (κ3) is 12.1. The summed E-state index contributed by atoms with van der Waals surface area (Å²) < 4.78 is 6.36. The first-order valence-electron chi connectivity index (χ1n) is 17.1. The van der Waals surface area contributed by atoms with E-state index >= 15 is 0 Å². The van der Waals surface area contributed by atoms with E-state index in [1.54, 1.807) is 12.2 Å². The number of nitrogens with two attached hydrogens (primary N) is 1. The number of hydrogen-bond donors (Lipinski definition) is 3. The van der Waals surface area contributed by atoms with Gasteiger partial charge in [0.05, 0.1) is 0 Å². The van der Waals surface area contributed by atoms with Gasteiger partial charge in [-0.1, -0.05) is 79.2 Å². The van der Waals surface area contributed by atoms with Gasteiger partial charge in [0.2, 0.25) is 5.88 Å². The average Bonchev–Trinajstić information content (AvgIpc) is 3.09. The molecule has 0 radical (unpaired) electrons. The first-order chi connectivity index (χ1) is 21.9. The number of aromatic nitrogens is 2. The summed E-state index contributed by atoms with van der Waals surface area (Å²) in [5, 5.41) is 6.74. The lowest BCUT2D eigenvalue weighted by Crippen LogP contribution is -2.52. The van der Waals surface area contributed by atoms with E-state index in [1.165, 1.54) is 18.5 Å². The highest BCUT2D eigenvalue weighted by Crippen LogP contribution is 2.28. The molecule has 0 spiro atoms. The number of carbonyl (C=O) groups is 1. The van der Waals surface area contributed by atoms with Crippen molar-refractivity contribution >= 4 is 23.1 Å². The lowest BCUT2D eigenvalue weighted by Gasteiger charge is -2.41. The summed E-state index contributed by atoms with van der Waals surface area (Å²) in [6.07, 6.45) is 11.5. The van der Waals surface area contributed by atoms with Crippen molar-refractivity contribution in [3.8, 4) is 5.88 Å². The molecule has 1 aromatic carbocycles. The van der Waals surface area contributed by atoms with Crippen LogP contribution in [0.4, 0.5) is 17.2 Å². The summed E-state index contributed by atoms with van der Waals surface area (Å²) in [4.78, 5) is 26.7. The molecule has 9 heteroatoms. The maximum Gasteiger partial charge on any atom is 0.271 e. The van der Waals surface area contributed by atoms with E-state index in [-0.39, 0.29) is 11.8 Å². The van der Waals surface area contributed by atoms with Crippen molar-refractivity contribution < 1.29 is 9.53 Å². The van der Waals surface area contributed by atoms with Gasteiger partial charge in [-0.05, 0) is 56.4 Å². The third-order valence-corrected chi connectivity index (χ3v) is 8.06. The minimum atomic E-state index is -0.605. The Morgan fingerprint density at radius 1 is 1.02 bits per heavy atom. The number of carbonyl (C=O) groups excluding carboxylic acids is 1. The largest absolute Gasteiger partial charge is 0.473 e. The first kappa shape index (κ1) is 37.8. The summed E-state index contributed by atoms with van der Waals surface area (Å²) in [5.41, 5.74) is 8.55. The van der Waals surface area contributed by atoms with Crippen LogP contribution in [0, 0.1) is 0 Å². The molecule has 9 nitrogen and oxygen atoms in total. The van der Waals surface area contributed by atoms with Crippen molar-refractivity contribution in [1.82, 2.24) is 20.2 Å². The second-order valence-electron chi connectivity index (χ2n) is 11.2. The molecule has 45 heavy (non-hydrogen) atoms. The van der Waals surface area contributed by atoms with Crippen LogP contribution in [0.5, 0.6) is 5.88 Å². The normalized spacial score (nSPS) is 15.9. The van der Waals surface area contributed by atoms with Gasteiger partial charge in [-0.3, -0.25) is 9.69 Å². The standard InChI is InChI=1S/C30H47N7O2.C4H6.C2H6/c1-4-7-9-25(8-5-2)39-30-26(6-3)34-27(28(31)38)29(35-30)33-22-10-12-23(13-11-22)36-18-14-24(15-19-36)37-20-16-32-17-21-37;1-3-4-2;1-2/h10-13,24-25,32H,4-9,14-21H2,1-3H3,(H2,31,38)(H,33,35);3-4H,1-2H2;1-2H3. The van der Waals surface area contributed by atoms with Crippen molar-refractivity contribution in [2.75, 3.05) is 49.5 Å². The molecule has 1 atom stereocenters. The van der Waals surface area contributed by atoms with Crippen LogP contribution in [-0.4, -0.2) is 72.2 Å². The van der Waals surface area contributed by atoms with Gasteiger partial charge in [-0.15, -0.1) is 0 Å². The molecule has 1 aromatic heterocycles. The molecule has 1 unspecified atom stereocenters. The number of piperazine rings is 1. The van der Waals surface area contributed by atoms with Crippen LogP contribution in [0.15, 0.2) is 49.6 Å². The maximum atomic E-state index is 12.3. The fraction of sp³-hybridized carbons (Fsp3) is 0.583. The number of anilines is 3. The van der Waals surface area contributed by atoms with E-state index < -0.39 is 5.91 Å². The number of ether oxygens (including phenoxy) is 1. The van der Waals surface area contributed by atoms with Gasteiger partial charge < -0.3 is 26.0 Å². The molecule has 2 aromatic rings. The molecule has 0 saturated carbocycles. The Hall–Kier alpha value is -3.43. The number of hydrogen-bond acceptors (Lipinski definition) is 8. The number of nitrogens with one attached hydrogen (secondary N) is 2. The number of unbranched alkanes of at least 4 members (excludes halogenated alkanes) is 1. The van der Waals surface area contributed by atoms with Crippen molar-refractivity contribution in [2.45, 2.75) is 98.1 Å². The predicted octanol–water partition coefficient (Wildman–Crippen LogP) is 6.88. The highest BCUT2D eigenvalue weighted by molar-refractivity contribution is 5.96. The highest BCUT2D eigenvalue weighted by atomic mass is 16.5. The number of amides is 1. The van der Waals surface area contributed by atoms with Crippen molar-refractivity contribution in [3.05, 3.63) is 61.0 Å².